The first-order chi connectivity index (χ1) is 11.2. The van der Waals surface area contributed by atoms with Crippen LogP contribution in [0.5, 0.6) is 5.75 Å². The van der Waals surface area contributed by atoms with Crippen molar-refractivity contribution in [2.24, 2.45) is 0 Å². The lowest BCUT2D eigenvalue weighted by atomic mass is 10.1. The summed E-state index contributed by atoms with van der Waals surface area (Å²) >= 11 is 0. The Morgan fingerprint density at radius 1 is 1.22 bits per heavy atom. The molecule has 0 aliphatic rings. The topological polar surface area (TPSA) is 67.0 Å². The van der Waals surface area contributed by atoms with Gasteiger partial charge in [-0.3, -0.25) is 4.79 Å². The number of rotatable bonds is 5. The molecule has 5 heteroatoms. The molecule has 0 radical (unpaired) electrons. The molecule has 2 N–H and O–H groups in total. The maximum Gasteiger partial charge on any atom is 0.259 e. The van der Waals surface area contributed by atoms with E-state index in [9.17, 15) is 4.79 Å². The van der Waals surface area contributed by atoms with Crippen LogP contribution in [0.4, 0.5) is 5.69 Å². The molecule has 118 valence electrons. The van der Waals surface area contributed by atoms with E-state index in [1.165, 1.54) is 0 Å². The second kappa shape index (κ2) is 6.52. The van der Waals surface area contributed by atoms with Crippen LogP contribution in [-0.2, 0) is 0 Å². The molecule has 1 heterocycles. The molecule has 0 spiro atoms. The van der Waals surface area contributed by atoms with Crippen LogP contribution < -0.4 is 15.6 Å². The van der Waals surface area contributed by atoms with Crippen molar-refractivity contribution in [3.8, 4) is 17.1 Å². The smallest absolute Gasteiger partial charge is 0.259 e. The molecule has 3 aromatic rings. The molecule has 0 fully saturated rings. The third-order valence-corrected chi connectivity index (χ3v) is 3.60. The number of nitrogens with zero attached hydrogens (tertiary/aromatic N) is 1. The summed E-state index contributed by atoms with van der Waals surface area (Å²) in [5, 5.41) is 3.63. The number of benzene rings is 2. The highest BCUT2D eigenvalue weighted by molar-refractivity contribution is 5.83. The van der Waals surface area contributed by atoms with Crippen LogP contribution in [-0.4, -0.2) is 23.6 Å². The largest absolute Gasteiger partial charge is 0.493 e. The number of fused-ring (bicyclic) bond motifs is 1. The summed E-state index contributed by atoms with van der Waals surface area (Å²) in [6.07, 6.45) is 0.918. The molecular formula is C18H19N3O2. The lowest BCUT2D eigenvalue weighted by Gasteiger charge is -2.11. The highest BCUT2D eigenvalue weighted by Crippen LogP contribution is 2.27. The number of anilines is 1. The summed E-state index contributed by atoms with van der Waals surface area (Å²) in [5.74, 6) is 1.24. The van der Waals surface area contributed by atoms with E-state index in [4.69, 9.17) is 4.74 Å². The minimum Gasteiger partial charge on any atom is -0.493 e. The van der Waals surface area contributed by atoms with Crippen LogP contribution in [0.1, 0.15) is 13.3 Å². The lowest BCUT2D eigenvalue weighted by molar-refractivity contribution is 0.318. The first kappa shape index (κ1) is 15.1. The average molecular weight is 309 g/mol. The molecule has 0 aliphatic carbocycles. The van der Waals surface area contributed by atoms with Gasteiger partial charge in [0.2, 0.25) is 0 Å². The van der Waals surface area contributed by atoms with Crippen LogP contribution in [0.15, 0.2) is 47.3 Å². The van der Waals surface area contributed by atoms with E-state index in [0.29, 0.717) is 23.3 Å². The Morgan fingerprint density at radius 2 is 2.04 bits per heavy atom. The number of aromatic amines is 1. The number of aromatic nitrogens is 2. The molecule has 23 heavy (non-hydrogen) atoms. The van der Waals surface area contributed by atoms with Gasteiger partial charge in [0.15, 0.2) is 0 Å². The normalized spacial score (nSPS) is 10.7. The first-order valence-corrected chi connectivity index (χ1v) is 7.67. The fourth-order valence-electron chi connectivity index (χ4n) is 2.42. The molecule has 5 nitrogen and oxygen atoms in total. The summed E-state index contributed by atoms with van der Waals surface area (Å²) < 4.78 is 5.76. The van der Waals surface area contributed by atoms with Gasteiger partial charge in [0, 0.05) is 12.7 Å². The van der Waals surface area contributed by atoms with Gasteiger partial charge in [-0.25, -0.2) is 4.98 Å². The van der Waals surface area contributed by atoms with Gasteiger partial charge in [-0.2, -0.15) is 0 Å². The van der Waals surface area contributed by atoms with E-state index in [-0.39, 0.29) is 5.56 Å². The zero-order valence-electron chi connectivity index (χ0n) is 13.2. The number of nitrogens with one attached hydrogen (secondary N) is 2. The van der Waals surface area contributed by atoms with Crippen molar-refractivity contribution in [2.75, 3.05) is 19.0 Å². The molecule has 1 aromatic heterocycles. The first-order valence-electron chi connectivity index (χ1n) is 7.67. The van der Waals surface area contributed by atoms with E-state index in [1.54, 1.807) is 6.07 Å². The Labute approximate surface area is 134 Å². The third kappa shape index (κ3) is 3.04. The maximum atomic E-state index is 12.3. The average Bonchev–Trinajstić information content (AvgIpc) is 2.59. The summed E-state index contributed by atoms with van der Waals surface area (Å²) in [6, 6.07) is 13.1. The number of hydrogen-bond acceptors (Lipinski definition) is 4. The van der Waals surface area contributed by atoms with Gasteiger partial charge in [0.05, 0.1) is 23.1 Å². The van der Waals surface area contributed by atoms with Crippen molar-refractivity contribution in [3.63, 3.8) is 0 Å². The van der Waals surface area contributed by atoms with Gasteiger partial charge in [-0.05, 0) is 36.8 Å². The van der Waals surface area contributed by atoms with Gasteiger partial charge in [0.1, 0.15) is 11.6 Å². The van der Waals surface area contributed by atoms with E-state index >= 15 is 0 Å². The van der Waals surface area contributed by atoms with Crippen LogP contribution in [0, 0.1) is 0 Å². The van der Waals surface area contributed by atoms with Crippen molar-refractivity contribution in [3.05, 3.63) is 52.8 Å². The predicted octanol–water partition coefficient (Wildman–Crippen LogP) is 3.42. The van der Waals surface area contributed by atoms with Gasteiger partial charge in [0.25, 0.3) is 5.56 Å². The fourth-order valence-corrected chi connectivity index (χ4v) is 2.42. The number of ether oxygens (including phenoxy) is 1. The minimum absolute atomic E-state index is 0.155. The Balaban J connectivity index is 2.15. The monoisotopic (exact) mass is 309 g/mol. The van der Waals surface area contributed by atoms with Gasteiger partial charge in [-0.1, -0.05) is 19.1 Å². The lowest BCUT2D eigenvalue weighted by Crippen LogP contribution is -2.10. The molecule has 0 atom stereocenters. The van der Waals surface area contributed by atoms with Gasteiger partial charge in [-0.15, -0.1) is 0 Å². The van der Waals surface area contributed by atoms with E-state index < -0.39 is 0 Å². The Morgan fingerprint density at radius 3 is 2.83 bits per heavy atom. The van der Waals surface area contributed by atoms with Crippen molar-refractivity contribution >= 4 is 16.6 Å². The number of H-pyrrole nitrogens is 1. The second-order valence-corrected chi connectivity index (χ2v) is 5.24. The van der Waals surface area contributed by atoms with Crippen LogP contribution in [0.3, 0.4) is 0 Å². The quantitative estimate of drug-likeness (QED) is 0.758. The van der Waals surface area contributed by atoms with Crippen molar-refractivity contribution in [1.82, 2.24) is 9.97 Å². The SMILES string of the molecule is CCCOc1ccccc1-c1nc2cc(NC)ccc2c(=O)[nH]1. The minimum atomic E-state index is -0.155. The van der Waals surface area contributed by atoms with Crippen LogP contribution in [0.2, 0.25) is 0 Å². The third-order valence-electron chi connectivity index (χ3n) is 3.60. The highest BCUT2D eigenvalue weighted by atomic mass is 16.5. The molecular weight excluding hydrogens is 290 g/mol. The summed E-state index contributed by atoms with van der Waals surface area (Å²) in [4.78, 5) is 19.8. The van der Waals surface area contributed by atoms with E-state index in [0.717, 1.165) is 23.4 Å². The standard InChI is InChI=1S/C18H19N3O2/c1-3-10-23-16-7-5-4-6-14(16)17-20-15-11-12(19-2)8-9-13(15)18(22)21-17/h4-9,11,19H,3,10H2,1-2H3,(H,20,21,22). The fraction of sp³-hybridized carbons (Fsp3) is 0.222. The summed E-state index contributed by atoms with van der Waals surface area (Å²) in [6.45, 7) is 2.68. The van der Waals surface area contributed by atoms with E-state index in [2.05, 4.69) is 22.2 Å². The van der Waals surface area contributed by atoms with Gasteiger partial charge >= 0.3 is 0 Å². The molecule has 0 amide bonds. The molecule has 2 aromatic carbocycles. The molecule has 0 unspecified atom stereocenters. The second-order valence-electron chi connectivity index (χ2n) is 5.24. The van der Waals surface area contributed by atoms with Crippen molar-refractivity contribution in [1.29, 1.82) is 0 Å². The van der Waals surface area contributed by atoms with E-state index in [1.807, 2.05) is 43.4 Å². The van der Waals surface area contributed by atoms with Crippen molar-refractivity contribution in [2.45, 2.75) is 13.3 Å². The molecule has 0 aliphatic heterocycles. The van der Waals surface area contributed by atoms with Crippen LogP contribution >= 0.6 is 0 Å². The Bertz CT molecular complexity index is 887. The summed E-state index contributed by atoms with van der Waals surface area (Å²) in [7, 11) is 1.84. The molecule has 0 bridgehead atoms. The number of hydrogen-bond donors (Lipinski definition) is 2. The Hall–Kier alpha value is -2.82. The zero-order valence-corrected chi connectivity index (χ0v) is 13.2. The molecule has 0 saturated carbocycles. The van der Waals surface area contributed by atoms with Crippen LogP contribution in [0.25, 0.3) is 22.3 Å². The molecule has 0 saturated heterocycles. The maximum absolute atomic E-state index is 12.3. The summed E-state index contributed by atoms with van der Waals surface area (Å²) in [5.41, 5.74) is 2.20. The van der Waals surface area contributed by atoms with Crippen molar-refractivity contribution < 1.29 is 4.74 Å². The highest BCUT2D eigenvalue weighted by Gasteiger charge is 2.11. The van der Waals surface area contributed by atoms with Gasteiger partial charge < -0.3 is 15.0 Å². The predicted molar refractivity (Wildman–Crippen MR) is 93.1 cm³/mol. The zero-order chi connectivity index (χ0) is 16.2. The number of para-hydroxylation sites is 1. The Kier molecular flexibility index (Phi) is 4.28. The molecule has 3 rings (SSSR count).